The number of rotatable bonds is 2. The Hall–Kier alpha value is -2.95. The average Bonchev–Trinajstić information content (AvgIpc) is 3.39. The molecule has 2 aliphatic rings. The van der Waals surface area contributed by atoms with E-state index >= 15 is 0 Å². The van der Waals surface area contributed by atoms with E-state index in [9.17, 15) is 0 Å². The molecular weight excluding hydrogens is 394 g/mol. The van der Waals surface area contributed by atoms with E-state index in [2.05, 4.69) is 68.2 Å². The van der Waals surface area contributed by atoms with Crippen LogP contribution in [0.1, 0.15) is 75.9 Å². The van der Waals surface area contributed by atoms with Crippen molar-refractivity contribution in [1.29, 1.82) is 0 Å². The fraction of sp³-hybridized carbons (Fsp3) is 0.444. The maximum Gasteiger partial charge on any atom is 0.0969 e. The van der Waals surface area contributed by atoms with Crippen LogP contribution in [0.5, 0.6) is 0 Å². The second-order valence-corrected chi connectivity index (χ2v) is 10.9. The summed E-state index contributed by atoms with van der Waals surface area (Å²) in [6, 6.07) is 10.8. The van der Waals surface area contributed by atoms with Gasteiger partial charge in [-0.3, -0.25) is 10.2 Å². The Balaban J connectivity index is 1.58. The SMILES string of the molecule is CC1(C)CCCc2c1n[nH]c2-c1cc2ccccc2c(-c2[nH]nc3c2CCCC3(C)C)n1. The highest BCUT2D eigenvalue weighted by Crippen LogP contribution is 2.43. The van der Waals surface area contributed by atoms with E-state index < -0.39 is 0 Å². The quantitative estimate of drug-likeness (QED) is 0.399. The van der Waals surface area contributed by atoms with E-state index in [1.807, 2.05) is 0 Å². The van der Waals surface area contributed by atoms with Crippen LogP contribution in [0.3, 0.4) is 0 Å². The number of fused-ring (bicyclic) bond motifs is 3. The van der Waals surface area contributed by atoms with E-state index in [0.717, 1.165) is 35.6 Å². The summed E-state index contributed by atoms with van der Waals surface area (Å²) in [4.78, 5) is 5.26. The zero-order chi connectivity index (χ0) is 22.1. The molecule has 0 saturated heterocycles. The van der Waals surface area contributed by atoms with Crippen LogP contribution < -0.4 is 0 Å². The second-order valence-electron chi connectivity index (χ2n) is 10.9. The number of H-pyrrole nitrogens is 2. The van der Waals surface area contributed by atoms with Crippen molar-refractivity contribution >= 4 is 10.8 Å². The molecule has 4 aromatic rings. The molecule has 32 heavy (non-hydrogen) atoms. The van der Waals surface area contributed by atoms with Crippen LogP contribution >= 0.6 is 0 Å². The Labute approximate surface area is 189 Å². The summed E-state index contributed by atoms with van der Waals surface area (Å²) in [5.74, 6) is 0. The molecule has 0 spiro atoms. The molecule has 2 aliphatic carbocycles. The lowest BCUT2D eigenvalue weighted by Gasteiger charge is -2.28. The zero-order valence-corrected chi connectivity index (χ0v) is 19.5. The monoisotopic (exact) mass is 425 g/mol. The third-order valence-electron chi connectivity index (χ3n) is 7.71. The van der Waals surface area contributed by atoms with Crippen LogP contribution in [-0.4, -0.2) is 25.4 Å². The Morgan fingerprint density at radius 3 is 2.06 bits per heavy atom. The molecule has 0 radical (unpaired) electrons. The minimum absolute atomic E-state index is 0.101. The van der Waals surface area contributed by atoms with Gasteiger partial charge in [0.25, 0.3) is 0 Å². The van der Waals surface area contributed by atoms with Gasteiger partial charge < -0.3 is 0 Å². The Morgan fingerprint density at radius 1 is 0.781 bits per heavy atom. The molecule has 0 aliphatic heterocycles. The molecule has 0 amide bonds. The van der Waals surface area contributed by atoms with E-state index in [1.165, 1.54) is 59.0 Å². The van der Waals surface area contributed by atoms with Crippen LogP contribution in [0.25, 0.3) is 33.5 Å². The molecule has 0 fully saturated rings. The number of aromatic nitrogens is 5. The first-order valence-corrected chi connectivity index (χ1v) is 11.9. The van der Waals surface area contributed by atoms with Gasteiger partial charge in [0, 0.05) is 27.3 Å². The number of nitrogens with zero attached hydrogens (tertiary/aromatic N) is 3. The van der Waals surface area contributed by atoms with Gasteiger partial charge in [-0.25, -0.2) is 4.98 Å². The molecule has 5 nitrogen and oxygen atoms in total. The lowest BCUT2D eigenvalue weighted by Crippen LogP contribution is -2.23. The number of hydrogen-bond donors (Lipinski definition) is 2. The molecule has 1 aromatic carbocycles. The van der Waals surface area contributed by atoms with Gasteiger partial charge in [0.05, 0.1) is 34.2 Å². The molecule has 3 heterocycles. The zero-order valence-electron chi connectivity index (χ0n) is 19.5. The smallest absolute Gasteiger partial charge is 0.0969 e. The molecule has 0 saturated carbocycles. The van der Waals surface area contributed by atoms with E-state index in [0.29, 0.717) is 0 Å². The first kappa shape index (κ1) is 19.7. The Bertz CT molecular complexity index is 1340. The standard InChI is InChI=1S/C27H31N5/c1-26(2)13-7-11-18-21(29-31-24(18)26)20-15-16-9-5-6-10-17(16)22(28-20)23-19-12-8-14-27(3,4)25(19)32-30-23/h5-6,9-10,15H,7-8,11-14H2,1-4H3,(H,29,31)(H,30,32). The maximum absolute atomic E-state index is 5.26. The fourth-order valence-corrected chi connectivity index (χ4v) is 5.91. The normalized spacial score (nSPS) is 19.0. The number of aromatic amines is 2. The minimum Gasteiger partial charge on any atom is -0.276 e. The maximum atomic E-state index is 5.26. The lowest BCUT2D eigenvalue weighted by molar-refractivity contribution is 0.420. The van der Waals surface area contributed by atoms with Gasteiger partial charge in [-0.2, -0.15) is 10.2 Å². The summed E-state index contributed by atoms with van der Waals surface area (Å²) in [7, 11) is 0. The van der Waals surface area contributed by atoms with E-state index in [1.54, 1.807) is 0 Å². The predicted octanol–water partition coefficient (Wildman–Crippen LogP) is 6.24. The van der Waals surface area contributed by atoms with Crippen molar-refractivity contribution in [2.75, 3.05) is 0 Å². The molecule has 2 N–H and O–H groups in total. The molecule has 0 bridgehead atoms. The van der Waals surface area contributed by atoms with E-state index in [-0.39, 0.29) is 10.8 Å². The molecule has 164 valence electrons. The van der Waals surface area contributed by atoms with Gasteiger partial charge in [-0.1, -0.05) is 52.0 Å². The van der Waals surface area contributed by atoms with E-state index in [4.69, 9.17) is 15.2 Å². The van der Waals surface area contributed by atoms with Crippen molar-refractivity contribution < 1.29 is 0 Å². The van der Waals surface area contributed by atoms with Crippen LogP contribution in [0.15, 0.2) is 30.3 Å². The molecule has 0 atom stereocenters. The van der Waals surface area contributed by atoms with Gasteiger partial charge in [0.2, 0.25) is 0 Å². The summed E-state index contributed by atoms with van der Waals surface area (Å²) in [5, 5.41) is 18.7. The summed E-state index contributed by atoms with van der Waals surface area (Å²) in [6.07, 6.45) is 6.84. The highest BCUT2D eigenvalue weighted by atomic mass is 15.2. The number of hydrogen-bond acceptors (Lipinski definition) is 3. The third kappa shape index (κ3) is 2.86. The second kappa shape index (κ2) is 6.77. The summed E-state index contributed by atoms with van der Waals surface area (Å²) < 4.78 is 0. The number of pyridine rings is 1. The van der Waals surface area contributed by atoms with Gasteiger partial charge in [0.15, 0.2) is 0 Å². The highest BCUT2D eigenvalue weighted by molar-refractivity contribution is 5.96. The largest absolute Gasteiger partial charge is 0.276 e. The van der Waals surface area contributed by atoms with Gasteiger partial charge >= 0.3 is 0 Å². The lowest BCUT2D eigenvalue weighted by atomic mass is 9.76. The summed E-state index contributed by atoms with van der Waals surface area (Å²) >= 11 is 0. The van der Waals surface area contributed by atoms with Crippen LogP contribution in [0.2, 0.25) is 0 Å². The molecule has 5 heteroatoms. The average molecular weight is 426 g/mol. The molecule has 3 aromatic heterocycles. The first-order valence-electron chi connectivity index (χ1n) is 11.9. The molecule has 0 unspecified atom stereocenters. The fourth-order valence-electron chi connectivity index (χ4n) is 5.91. The van der Waals surface area contributed by atoms with Crippen LogP contribution in [0.4, 0.5) is 0 Å². The Kier molecular flexibility index (Phi) is 4.17. The van der Waals surface area contributed by atoms with Gasteiger partial charge in [-0.15, -0.1) is 0 Å². The third-order valence-corrected chi connectivity index (χ3v) is 7.71. The van der Waals surface area contributed by atoms with Gasteiger partial charge in [0.1, 0.15) is 0 Å². The highest BCUT2D eigenvalue weighted by Gasteiger charge is 2.34. The van der Waals surface area contributed by atoms with Crippen molar-refractivity contribution in [3.8, 4) is 22.8 Å². The number of nitrogens with one attached hydrogen (secondary N) is 2. The molecule has 6 rings (SSSR count). The topological polar surface area (TPSA) is 70.2 Å². The molecular formula is C27H31N5. The van der Waals surface area contributed by atoms with Crippen molar-refractivity contribution in [1.82, 2.24) is 25.4 Å². The van der Waals surface area contributed by atoms with Crippen LogP contribution in [0, 0.1) is 0 Å². The van der Waals surface area contributed by atoms with Crippen molar-refractivity contribution in [2.45, 2.75) is 77.0 Å². The van der Waals surface area contributed by atoms with Crippen LogP contribution in [-0.2, 0) is 23.7 Å². The van der Waals surface area contributed by atoms with Crippen molar-refractivity contribution in [2.24, 2.45) is 0 Å². The Morgan fingerprint density at radius 2 is 1.38 bits per heavy atom. The van der Waals surface area contributed by atoms with Crippen molar-refractivity contribution in [3.63, 3.8) is 0 Å². The predicted molar refractivity (Wildman–Crippen MR) is 129 cm³/mol. The minimum atomic E-state index is 0.101. The summed E-state index contributed by atoms with van der Waals surface area (Å²) in [5.41, 5.74) is 9.43. The van der Waals surface area contributed by atoms with Crippen molar-refractivity contribution in [3.05, 3.63) is 52.8 Å². The first-order chi connectivity index (χ1) is 15.4. The van der Waals surface area contributed by atoms with Gasteiger partial charge in [-0.05, 0) is 50.0 Å². The number of benzene rings is 1. The summed E-state index contributed by atoms with van der Waals surface area (Å²) in [6.45, 7) is 9.20.